The number of hydrogen-bond donors (Lipinski definition) is 0. The summed E-state index contributed by atoms with van der Waals surface area (Å²) < 4.78 is 0. The van der Waals surface area contributed by atoms with Crippen LogP contribution in [-0.2, 0) is 9.59 Å². The van der Waals surface area contributed by atoms with Crippen molar-refractivity contribution in [2.45, 2.75) is 64.8 Å². The number of hydrogen-bond acceptors (Lipinski definition) is 3. The Morgan fingerprint density at radius 1 is 1.04 bits per heavy atom. The molecule has 2 amide bonds. The molecule has 28 heavy (non-hydrogen) atoms. The normalized spacial score (nSPS) is 18.6. The summed E-state index contributed by atoms with van der Waals surface area (Å²) >= 11 is 0. The molecule has 1 aromatic rings. The van der Waals surface area contributed by atoms with Gasteiger partial charge in [-0.25, -0.2) is 0 Å². The highest BCUT2D eigenvalue weighted by molar-refractivity contribution is 5.78. The van der Waals surface area contributed by atoms with Crippen molar-refractivity contribution in [2.75, 3.05) is 37.6 Å². The van der Waals surface area contributed by atoms with Crippen molar-refractivity contribution < 1.29 is 9.59 Å². The molecule has 1 saturated heterocycles. The van der Waals surface area contributed by atoms with Crippen LogP contribution in [-0.4, -0.2) is 60.4 Å². The van der Waals surface area contributed by atoms with Crippen LogP contribution >= 0.6 is 0 Å². The van der Waals surface area contributed by atoms with Crippen LogP contribution in [0.25, 0.3) is 0 Å². The highest BCUT2D eigenvalue weighted by Crippen LogP contribution is 2.23. The van der Waals surface area contributed by atoms with Gasteiger partial charge in [0.05, 0.1) is 0 Å². The summed E-state index contributed by atoms with van der Waals surface area (Å²) in [4.78, 5) is 31.2. The predicted octanol–water partition coefficient (Wildman–Crippen LogP) is 3.61. The quantitative estimate of drug-likeness (QED) is 0.728. The van der Waals surface area contributed by atoms with Gasteiger partial charge in [-0.3, -0.25) is 9.59 Å². The number of nitrogens with zero attached hydrogens (tertiary/aromatic N) is 3. The SMILES string of the molecule is CC(=O)N(CCC(=O)N1CCN(c2cccc(C)c2)CC1)C1CCCCCC1. The summed E-state index contributed by atoms with van der Waals surface area (Å²) in [6.07, 6.45) is 7.55. The molecule has 0 unspecified atom stereocenters. The molecule has 5 heteroatoms. The number of carbonyl (C=O) groups is 2. The molecule has 154 valence electrons. The molecule has 3 rings (SSSR count). The lowest BCUT2D eigenvalue weighted by Crippen LogP contribution is -2.49. The van der Waals surface area contributed by atoms with E-state index in [1.807, 2.05) is 9.80 Å². The maximum atomic E-state index is 12.7. The lowest BCUT2D eigenvalue weighted by atomic mass is 10.1. The zero-order valence-electron chi connectivity index (χ0n) is 17.5. The first-order valence-electron chi connectivity index (χ1n) is 10.9. The summed E-state index contributed by atoms with van der Waals surface area (Å²) in [6, 6.07) is 8.87. The highest BCUT2D eigenvalue weighted by Gasteiger charge is 2.25. The van der Waals surface area contributed by atoms with Crippen LogP contribution in [0, 0.1) is 6.92 Å². The molecule has 1 aromatic carbocycles. The largest absolute Gasteiger partial charge is 0.368 e. The first-order chi connectivity index (χ1) is 13.5. The van der Waals surface area contributed by atoms with E-state index in [1.165, 1.54) is 36.9 Å². The number of rotatable bonds is 5. The second-order valence-electron chi connectivity index (χ2n) is 8.31. The Morgan fingerprint density at radius 2 is 1.71 bits per heavy atom. The maximum absolute atomic E-state index is 12.7. The molecule has 1 aliphatic heterocycles. The molecule has 0 radical (unpaired) electrons. The van der Waals surface area contributed by atoms with Crippen LogP contribution in [0.3, 0.4) is 0 Å². The number of benzene rings is 1. The fourth-order valence-corrected chi connectivity index (χ4v) is 4.58. The summed E-state index contributed by atoms with van der Waals surface area (Å²) in [5.41, 5.74) is 2.50. The van der Waals surface area contributed by atoms with E-state index in [-0.39, 0.29) is 11.8 Å². The Balaban J connectivity index is 1.48. The number of amides is 2. The molecule has 0 atom stereocenters. The minimum Gasteiger partial charge on any atom is -0.368 e. The average Bonchev–Trinajstić information content (AvgIpc) is 2.97. The third kappa shape index (κ3) is 5.49. The maximum Gasteiger partial charge on any atom is 0.224 e. The van der Waals surface area contributed by atoms with Crippen molar-refractivity contribution in [1.82, 2.24) is 9.80 Å². The van der Waals surface area contributed by atoms with Gasteiger partial charge >= 0.3 is 0 Å². The Hall–Kier alpha value is -2.04. The molecule has 1 saturated carbocycles. The highest BCUT2D eigenvalue weighted by atomic mass is 16.2. The molecule has 0 spiro atoms. The molecule has 1 heterocycles. The molecular weight excluding hydrogens is 350 g/mol. The Kier molecular flexibility index (Phi) is 7.35. The number of anilines is 1. The average molecular weight is 386 g/mol. The van der Waals surface area contributed by atoms with E-state index in [0.29, 0.717) is 19.0 Å². The van der Waals surface area contributed by atoms with Gasteiger partial charge in [-0.05, 0) is 37.5 Å². The molecule has 0 N–H and O–H groups in total. The van der Waals surface area contributed by atoms with Crippen LogP contribution in [0.5, 0.6) is 0 Å². The molecule has 0 bridgehead atoms. The van der Waals surface area contributed by atoms with Gasteiger partial charge in [-0.15, -0.1) is 0 Å². The lowest BCUT2D eigenvalue weighted by Gasteiger charge is -2.37. The van der Waals surface area contributed by atoms with Crippen LogP contribution in [0.4, 0.5) is 5.69 Å². The topological polar surface area (TPSA) is 43.9 Å². The molecule has 2 aliphatic rings. The third-order valence-corrected chi connectivity index (χ3v) is 6.24. The van der Waals surface area contributed by atoms with Crippen LogP contribution in [0.1, 0.15) is 57.4 Å². The molecule has 5 nitrogen and oxygen atoms in total. The fraction of sp³-hybridized carbons (Fsp3) is 0.652. The van der Waals surface area contributed by atoms with E-state index in [0.717, 1.165) is 39.0 Å². The molecule has 2 fully saturated rings. The van der Waals surface area contributed by atoms with E-state index in [2.05, 4.69) is 36.1 Å². The first-order valence-corrected chi connectivity index (χ1v) is 10.9. The minimum absolute atomic E-state index is 0.115. The van der Waals surface area contributed by atoms with Crippen molar-refractivity contribution in [3.8, 4) is 0 Å². The Morgan fingerprint density at radius 3 is 2.32 bits per heavy atom. The van der Waals surface area contributed by atoms with Gasteiger partial charge in [0.15, 0.2) is 0 Å². The summed E-state index contributed by atoms with van der Waals surface area (Å²) in [5.74, 6) is 0.299. The molecule has 0 aromatic heterocycles. The van der Waals surface area contributed by atoms with E-state index < -0.39 is 0 Å². The second kappa shape index (κ2) is 9.94. The Labute approximate surface area is 169 Å². The van der Waals surface area contributed by atoms with Gasteiger partial charge in [0.1, 0.15) is 0 Å². The predicted molar refractivity (Wildman–Crippen MR) is 113 cm³/mol. The standard InChI is InChI=1S/C23H35N3O2/c1-19-8-7-11-22(18-19)24-14-16-25(17-15-24)23(28)12-13-26(20(2)27)21-9-5-3-4-6-10-21/h7-8,11,18,21H,3-6,9-10,12-17H2,1-2H3. The lowest BCUT2D eigenvalue weighted by molar-refractivity contribution is -0.135. The van der Waals surface area contributed by atoms with Crippen molar-refractivity contribution in [3.63, 3.8) is 0 Å². The van der Waals surface area contributed by atoms with Crippen molar-refractivity contribution in [3.05, 3.63) is 29.8 Å². The monoisotopic (exact) mass is 385 g/mol. The number of piperazine rings is 1. The van der Waals surface area contributed by atoms with E-state index in [9.17, 15) is 9.59 Å². The van der Waals surface area contributed by atoms with E-state index >= 15 is 0 Å². The van der Waals surface area contributed by atoms with Crippen molar-refractivity contribution >= 4 is 17.5 Å². The van der Waals surface area contributed by atoms with Gasteiger partial charge in [0.2, 0.25) is 11.8 Å². The second-order valence-corrected chi connectivity index (χ2v) is 8.31. The fourth-order valence-electron chi connectivity index (χ4n) is 4.58. The first kappa shape index (κ1) is 20.7. The van der Waals surface area contributed by atoms with Gasteiger partial charge in [0, 0.05) is 57.8 Å². The van der Waals surface area contributed by atoms with Crippen LogP contribution in [0.15, 0.2) is 24.3 Å². The minimum atomic E-state index is 0.115. The van der Waals surface area contributed by atoms with Crippen LogP contribution < -0.4 is 4.90 Å². The van der Waals surface area contributed by atoms with Gasteiger partial charge in [-0.1, -0.05) is 37.8 Å². The van der Waals surface area contributed by atoms with E-state index in [4.69, 9.17) is 0 Å². The van der Waals surface area contributed by atoms with Crippen molar-refractivity contribution in [1.29, 1.82) is 0 Å². The molecular formula is C23H35N3O2. The van der Waals surface area contributed by atoms with Gasteiger partial charge < -0.3 is 14.7 Å². The molecule has 1 aliphatic carbocycles. The van der Waals surface area contributed by atoms with Gasteiger partial charge in [-0.2, -0.15) is 0 Å². The summed E-state index contributed by atoms with van der Waals surface area (Å²) in [6.45, 7) is 7.58. The zero-order valence-corrected chi connectivity index (χ0v) is 17.5. The smallest absolute Gasteiger partial charge is 0.224 e. The van der Waals surface area contributed by atoms with Crippen LogP contribution in [0.2, 0.25) is 0 Å². The van der Waals surface area contributed by atoms with E-state index in [1.54, 1.807) is 6.92 Å². The number of carbonyl (C=O) groups excluding carboxylic acids is 2. The summed E-state index contributed by atoms with van der Waals surface area (Å²) in [7, 11) is 0. The zero-order chi connectivity index (χ0) is 19.9. The van der Waals surface area contributed by atoms with Crippen molar-refractivity contribution in [2.24, 2.45) is 0 Å². The third-order valence-electron chi connectivity index (χ3n) is 6.24. The summed E-state index contributed by atoms with van der Waals surface area (Å²) in [5, 5.41) is 0. The van der Waals surface area contributed by atoms with Gasteiger partial charge in [0.25, 0.3) is 0 Å². The Bertz CT molecular complexity index is 660. The number of aryl methyl sites for hydroxylation is 1.